The average molecular weight is 289 g/mol. The van der Waals surface area contributed by atoms with E-state index in [1.807, 2.05) is 31.2 Å². The predicted molar refractivity (Wildman–Crippen MR) is 78.9 cm³/mol. The number of H-pyrrole nitrogens is 1. The number of carbonyl (C=O) groups excluding carboxylic acids is 1. The molecule has 1 aromatic carbocycles. The van der Waals surface area contributed by atoms with Crippen LogP contribution in [0.5, 0.6) is 0 Å². The Kier molecular flexibility index (Phi) is 4.92. The van der Waals surface area contributed by atoms with Crippen LogP contribution in [0.25, 0.3) is 10.9 Å². The van der Waals surface area contributed by atoms with Gasteiger partial charge in [-0.25, -0.2) is 4.79 Å². The number of carbonyl (C=O) groups is 2. The van der Waals surface area contributed by atoms with Gasteiger partial charge in [-0.05, 0) is 12.5 Å². The minimum absolute atomic E-state index is 0.0937. The van der Waals surface area contributed by atoms with E-state index in [-0.39, 0.29) is 12.3 Å². The third-order valence-corrected chi connectivity index (χ3v) is 3.36. The van der Waals surface area contributed by atoms with Crippen LogP contribution in [-0.4, -0.2) is 33.2 Å². The largest absolute Gasteiger partial charge is 0.480 e. The predicted octanol–water partition coefficient (Wildman–Crippen LogP) is 1.86. The van der Waals surface area contributed by atoms with Crippen LogP contribution in [0.3, 0.4) is 0 Å². The van der Waals surface area contributed by atoms with E-state index in [2.05, 4.69) is 15.5 Å². The lowest BCUT2D eigenvalue weighted by atomic mass is 10.1. The van der Waals surface area contributed by atoms with E-state index in [4.69, 9.17) is 5.11 Å². The van der Waals surface area contributed by atoms with E-state index in [0.717, 1.165) is 23.7 Å². The van der Waals surface area contributed by atoms with Gasteiger partial charge in [0.25, 0.3) is 0 Å². The number of hydrogen-bond acceptors (Lipinski definition) is 3. The van der Waals surface area contributed by atoms with Crippen LogP contribution in [0.1, 0.15) is 31.9 Å². The fourth-order valence-corrected chi connectivity index (χ4v) is 2.22. The number of rotatable bonds is 7. The second-order valence-electron chi connectivity index (χ2n) is 5.00. The minimum atomic E-state index is -0.994. The molecule has 21 heavy (non-hydrogen) atoms. The second-order valence-corrected chi connectivity index (χ2v) is 5.00. The number of amides is 1. The third-order valence-electron chi connectivity index (χ3n) is 3.36. The highest BCUT2D eigenvalue weighted by Gasteiger charge is 2.20. The molecule has 112 valence electrons. The SMILES string of the molecule is CCCC[C@H](NC(=O)Cc1[nH]nc2ccccc12)C(=O)O. The Morgan fingerprint density at radius 3 is 2.86 bits per heavy atom. The monoisotopic (exact) mass is 289 g/mol. The van der Waals surface area contributed by atoms with Crippen LogP contribution in [0.4, 0.5) is 0 Å². The summed E-state index contributed by atoms with van der Waals surface area (Å²) >= 11 is 0. The highest BCUT2D eigenvalue weighted by atomic mass is 16.4. The van der Waals surface area contributed by atoms with Crippen LogP contribution in [0.2, 0.25) is 0 Å². The third kappa shape index (κ3) is 3.81. The summed E-state index contributed by atoms with van der Waals surface area (Å²) < 4.78 is 0. The molecule has 1 aromatic heterocycles. The Morgan fingerprint density at radius 2 is 2.14 bits per heavy atom. The lowest BCUT2D eigenvalue weighted by Crippen LogP contribution is -2.41. The van der Waals surface area contributed by atoms with Crippen LogP contribution < -0.4 is 5.32 Å². The molecule has 0 aliphatic rings. The average Bonchev–Trinajstić information content (AvgIpc) is 2.86. The molecule has 1 amide bonds. The van der Waals surface area contributed by atoms with Gasteiger partial charge < -0.3 is 10.4 Å². The molecular formula is C15H19N3O3. The maximum atomic E-state index is 12.0. The molecule has 0 radical (unpaired) electrons. The molecule has 1 heterocycles. The zero-order valence-corrected chi connectivity index (χ0v) is 11.9. The second kappa shape index (κ2) is 6.88. The number of carboxylic acids is 1. The zero-order chi connectivity index (χ0) is 15.2. The molecule has 3 N–H and O–H groups in total. The quantitative estimate of drug-likeness (QED) is 0.725. The normalized spacial score (nSPS) is 12.2. The Hall–Kier alpha value is -2.37. The Balaban J connectivity index is 2.02. The topological polar surface area (TPSA) is 95.1 Å². The van der Waals surface area contributed by atoms with Crippen molar-refractivity contribution in [1.29, 1.82) is 0 Å². The molecule has 0 bridgehead atoms. The van der Waals surface area contributed by atoms with E-state index in [1.165, 1.54) is 0 Å². The van der Waals surface area contributed by atoms with Gasteiger partial charge in [-0.2, -0.15) is 5.10 Å². The molecule has 0 aliphatic heterocycles. The first-order valence-electron chi connectivity index (χ1n) is 7.06. The maximum absolute atomic E-state index is 12.0. The van der Waals surface area contributed by atoms with Crippen molar-refractivity contribution >= 4 is 22.8 Å². The summed E-state index contributed by atoms with van der Waals surface area (Å²) in [5.41, 5.74) is 1.49. The van der Waals surface area contributed by atoms with Crippen molar-refractivity contribution < 1.29 is 14.7 Å². The Bertz CT molecular complexity index is 636. The summed E-state index contributed by atoms with van der Waals surface area (Å²) in [6.45, 7) is 1.98. The number of para-hydroxylation sites is 1. The van der Waals surface area contributed by atoms with Gasteiger partial charge in [-0.1, -0.05) is 38.0 Å². The zero-order valence-electron chi connectivity index (χ0n) is 11.9. The van der Waals surface area contributed by atoms with Crippen molar-refractivity contribution in [2.75, 3.05) is 0 Å². The van der Waals surface area contributed by atoms with Crippen molar-refractivity contribution in [2.45, 2.75) is 38.6 Å². The number of aliphatic carboxylic acids is 1. The van der Waals surface area contributed by atoms with Crippen LogP contribution in [0.15, 0.2) is 24.3 Å². The molecule has 1 atom stereocenters. The molecule has 0 aliphatic carbocycles. The van der Waals surface area contributed by atoms with Gasteiger partial charge in [-0.3, -0.25) is 9.89 Å². The summed E-state index contributed by atoms with van der Waals surface area (Å²) in [4.78, 5) is 23.1. The number of benzene rings is 1. The van der Waals surface area contributed by atoms with Crippen LogP contribution in [-0.2, 0) is 16.0 Å². The molecule has 0 fully saturated rings. The Morgan fingerprint density at radius 1 is 1.38 bits per heavy atom. The number of aromatic amines is 1. The number of unbranched alkanes of at least 4 members (excludes halogenated alkanes) is 1. The van der Waals surface area contributed by atoms with Gasteiger partial charge in [0.05, 0.1) is 17.6 Å². The smallest absolute Gasteiger partial charge is 0.326 e. The summed E-state index contributed by atoms with van der Waals surface area (Å²) in [7, 11) is 0. The van der Waals surface area contributed by atoms with Gasteiger partial charge in [0.1, 0.15) is 6.04 Å². The van der Waals surface area contributed by atoms with Crippen molar-refractivity contribution in [3.8, 4) is 0 Å². The van der Waals surface area contributed by atoms with Crippen LogP contribution >= 0.6 is 0 Å². The molecular weight excluding hydrogens is 270 g/mol. The Labute approximate surface area is 122 Å². The van der Waals surface area contributed by atoms with E-state index in [0.29, 0.717) is 12.1 Å². The highest BCUT2D eigenvalue weighted by Crippen LogP contribution is 2.15. The first-order chi connectivity index (χ1) is 10.1. The minimum Gasteiger partial charge on any atom is -0.480 e. The number of nitrogens with one attached hydrogen (secondary N) is 2. The van der Waals surface area contributed by atoms with Crippen LogP contribution in [0, 0.1) is 0 Å². The van der Waals surface area contributed by atoms with Crippen molar-refractivity contribution in [2.24, 2.45) is 0 Å². The molecule has 6 heteroatoms. The molecule has 0 saturated heterocycles. The van der Waals surface area contributed by atoms with Gasteiger partial charge in [0, 0.05) is 5.39 Å². The number of carboxylic acid groups (broad SMARTS) is 1. The van der Waals surface area contributed by atoms with E-state index in [1.54, 1.807) is 0 Å². The summed E-state index contributed by atoms with van der Waals surface area (Å²) in [6.07, 6.45) is 2.20. The number of hydrogen-bond donors (Lipinski definition) is 3. The first-order valence-corrected chi connectivity index (χ1v) is 7.06. The number of nitrogens with zero attached hydrogens (tertiary/aromatic N) is 1. The molecule has 0 unspecified atom stereocenters. The lowest BCUT2D eigenvalue weighted by molar-refractivity contribution is -0.142. The van der Waals surface area contributed by atoms with E-state index in [9.17, 15) is 9.59 Å². The summed E-state index contributed by atoms with van der Waals surface area (Å²) in [5.74, 6) is -1.31. The standard InChI is InChI=1S/C15H19N3O3/c1-2-3-7-12(15(20)21)16-14(19)9-13-10-6-4-5-8-11(10)17-18-13/h4-6,8,12H,2-3,7,9H2,1H3,(H,16,19)(H,17,18)(H,20,21)/t12-/m0/s1. The highest BCUT2D eigenvalue weighted by molar-refractivity contribution is 5.89. The molecule has 6 nitrogen and oxygen atoms in total. The van der Waals surface area contributed by atoms with Crippen molar-refractivity contribution in [3.63, 3.8) is 0 Å². The summed E-state index contributed by atoms with van der Waals surface area (Å²) in [6, 6.07) is 6.66. The fraction of sp³-hybridized carbons (Fsp3) is 0.400. The molecule has 2 rings (SSSR count). The molecule has 2 aromatic rings. The molecule has 0 spiro atoms. The van der Waals surface area contributed by atoms with Gasteiger partial charge >= 0.3 is 5.97 Å². The van der Waals surface area contributed by atoms with Gasteiger partial charge in [0.15, 0.2) is 0 Å². The van der Waals surface area contributed by atoms with E-state index < -0.39 is 12.0 Å². The molecule has 0 saturated carbocycles. The lowest BCUT2D eigenvalue weighted by Gasteiger charge is -2.13. The van der Waals surface area contributed by atoms with E-state index >= 15 is 0 Å². The van der Waals surface area contributed by atoms with Crippen molar-refractivity contribution in [3.05, 3.63) is 30.0 Å². The first kappa shape index (κ1) is 15.0. The van der Waals surface area contributed by atoms with Gasteiger partial charge in [-0.15, -0.1) is 0 Å². The van der Waals surface area contributed by atoms with Gasteiger partial charge in [0.2, 0.25) is 5.91 Å². The fourth-order valence-electron chi connectivity index (χ4n) is 2.22. The number of aromatic nitrogens is 2. The number of fused-ring (bicyclic) bond motifs is 1. The summed E-state index contributed by atoms with van der Waals surface area (Å²) in [5, 5.41) is 19.5. The maximum Gasteiger partial charge on any atom is 0.326 e. The van der Waals surface area contributed by atoms with Crippen molar-refractivity contribution in [1.82, 2.24) is 15.5 Å².